The Balaban J connectivity index is 1.80. The molecule has 3 aromatic rings. The average Bonchev–Trinajstić information content (AvgIpc) is 3.22. The monoisotopic (exact) mass is 476 g/mol. The molecule has 3 rings (SSSR count). The van der Waals surface area contributed by atoms with Crippen molar-refractivity contribution >= 4 is 44.3 Å². The van der Waals surface area contributed by atoms with Crippen molar-refractivity contribution in [2.75, 3.05) is 19.7 Å². The predicted octanol–water partition coefficient (Wildman–Crippen LogP) is 4.45. The maximum atomic E-state index is 12.8. The molecule has 0 fully saturated rings. The molecule has 0 aliphatic heterocycles. The highest BCUT2D eigenvalue weighted by atomic mass is 35.5. The van der Waals surface area contributed by atoms with Crippen LogP contribution in [0.3, 0.4) is 0 Å². The number of H-pyrrole nitrogens is 1. The SMILES string of the molecule is CCc1cccc2c(C(=O)COC(=O)c3cc(S(=O)(=O)N(CC)CC)ccc3Cl)c[nH]c12. The van der Waals surface area contributed by atoms with Gasteiger partial charge in [0, 0.05) is 35.8 Å². The summed E-state index contributed by atoms with van der Waals surface area (Å²) in [6.07, 6.45) is 2.41. The van der Waals surface area contributed by atoms with E-state index in [1.807, 2.05) is 25.1 Å². The highest BCUT2D eigenvalue weighted by Crippen LogP contribution is 2.25. The van der Waals surface area contributed by atoms with Crippen LogP contribution in [0, 0.1) is 0 Å². The van der Waals surface area contributed by atoms with Crippen LogP contribution >= 0.6 is 11.6 Å². The van der Waals surface area contributed by atoms with E-state index in [1.54, 1.807) is 20.0 Å². The fourth-order valence-electron chi connectivity index (χ4n) is 3.56. The number of hydrogen-bond donors (Lipinski definition) is 1. The van der Waals surface area contributed by atoms with Crippen LogP contribution in [0.25, 0.3) is 10.9 Å². The second kappa shape index (κ2) is 9.85. The Labute approximate surface area is 192 Å². The molecule has 7 nitrogen and oxygen atoms in total. The van der Waals surface area contributed by atoms with Gasteiger partial charge in [-0.1, -0.05) is 50.6 Å². The van der Waals surface area contributed by atoms with Gasteiger partial charge in [0.15, 0.2) is 6.61 Å². The zero-order valence-electron chi connectivity index (χ0n) is 18.1. The number of hydrogen-bond acceptors (Lipinski definition) is 5. The summed E-state index contributed by atoms with van der Waals surface area (Å²) < 4.78 is 32.0. The van der Waals surface area contributed by atoms with Gasteiger partial charge in [-0.2, -0.15) is 4.31 Å². The van der Waals surface area contributed by atoms with Crippen LogP contribution in [0.2, 0.25) is 5.02 Å². The molecule has 0 atom stereocenters. The maximum Gasteiger partial charge on any atom is 0.340 e. The minimum Gasteiger partial charge on any atom is -0.454 e. The molecule has 0 saturated carbocycles. The number of fused-ring (bicyclic) bond motifs is 1. The largest absolute Gasteiger partial charge is 0.454 e. The van der Waals surface area contributed by atoms with E-state index in [9.17, 15) is 18.0 Å². The van der Waals surface area contributed by atoms with Crippen molar-refractivity contribution < 1.29 is 22.7 Å². The van der Waals surface area contributed by atoms with E-state index in [4.69, 9.17) is 16.3 Å². The first-order valence-corrected chi connectivity index (χ1v) is 12.1. The molecule has 0 aliphatic rings. The summed E-state index contributed by atoms with van der Waals surface area (Å²) in [4.78, 5) is 28.4. The minimum atomic E-state index is -3.78. The number of aryl methyl sites for hydroxylation is 1. The van der Waals surface area contributed by atoms with Crippen LogP contribution in [0.15, 0.2) is 47.5 Å². The molecule has 32 heavy (non-hydrogen) atoms. The van der Waals surface area contributed by atoms with E-state index in [-0.39, 0.29) is 21.3 Å². The number of aromatic amines is 1. The van der Waals surface area contributed by atoms with E-state index in [0.29, 0.717) is 18.7 Å². The Kier molecular flexibility index (Phi) is 7.38. The zero-order valence-corrected chi connectivity index (χ0v) is 19.7. The van der Waals surface area contributed by atoms with Crippen LogP contribution in [0.1, 0.15) is 47.1 Å². The number of carbonyl (C=O) groups excluding carboxylic acids is 2. The van der Waals surface area contributed by atoms with Crippen LogP contribution in [-0.4, -0.2) is 49.2 Å². The van der Waals surface area contributed by atoms with Crippen molar-refractivity contribution in [3.63, 3.8) is 0 Å². The number of sulfonamides is 1. The number of aromatic nitrogens is 1. The lowest BCUT2D eigenvalue weighted by molar-refractivity contribution is 0.0475. The second-order valence-electron chi connectivity index (χ2n) is 7.13. The molecule has 2 aromatic carbocycles. The first kappa shape index (κ1) is 24.0. The number of rotatable bonds is 9. The van der Waals surface area contributed by atoms with Gasteiger partial charge >= 0.3 is 5.97 Å². The summed E-state index contributed by atoms with van der Waals surface area (Å²) in [5, 5.41) is 0.802. The van der Waals surface area contributed by atoms with Crippen molar-refractivity contribution in [3.8, 4) is 0 Å². The number of ether oxygens (including phenoxy) is 1. The Morgan fingerprint density at radius 3 is 2.44 bits per heavy atom. The number of Topliss-reactive ketones (excluding diaryl/α,β-unsaturated/α-hetero) is 1. The number of carbonyl (C=O) groups is 2. The fourth-order valence-corrected chi connectivity index (χ4v) is 5.24. The molecular weight excluding hydrogens is 452 g/mol. The molecule has 0 spiro atoms. The normalized spacial score (nSPS) is 11.8. The molecule has 9 heteroatoms. The Bertz CT molecular complexity index is 1260. The summed E-state index contributed by atoms with van der Waals surface area (Å²) in [7, 11) is -3.78. The Morgan fingerprint density at radius 1 is 1.06 bits per heavy atom. The smallest absolute Gasteiger partial charge is 0.340 e. The van der Waals surface area contributed by atoms with Gasteiger partial charge in [0.1, 0.15) is 0 Å². The Morgan fingerprint density at radius 2 is 1.78 bits per heavy atom. The third-order valence-corrected chi connectivity index (χ3v) is 7.69. The van der Waals surface area contributed by atoms with Crippen LogP contribution < -0.4 is 0 Å². The zero-order chi connectivity index (χ0) is 23.5. The van der Waals surface area contributed by atoms with E-state index in [1.165, 1.54) is 22.5 Å². The molecule has 0 saturated heterocycles. The van der Waals surface area contributed by atoms with E-state index in [0.717, 1.165) is 22.9 Å². The average molecular weight is 477 g/mol. The third-order valence-electron chi connectivity index (χ3n) is 5.32. The van der Waals surface area contributed by atoms with E-state index in [2.05, 4.69) is 4.98 Å². The Hall–Kier alpha value is -2.68. The molecule has 1 N–H and O–H groups in total. The quantitative estimate of drug-likeness (QED) is 0.363. The van der Waals surface area contributed by atoms with Crippen molar-refractivity contribution in [2.45, 2.75) is 32.1 Å². The van der Waals surface area contributed by atoms with E-state index < -0.39 is 22.6 Å². The first-order chi connectivity index (χ1) is 15.2. The van der Waals surface area contributed by atoms with Crippen molar-refractivity contribution in [1.82, 2.24) is 9.29 Å². The summed E-state index contributed by atoms with van der Waals surface area (Å²) >= 11 is 6.12. The number of nitrogens with one attached hydrogen (secondary N) is 1. The predicted molar refractivity (Wildman–Crippen MR) is 124 cm³/mol. The van der Waals surface area contributed by atoms with Gasteiger partial charge in [-0.15, -0.1) is 0 Å². The lowest BCUT2D eigenvalue weighted by Crippen LogP contribution is -2.30. The molecule has 0 radical (unpaired) electrons. The fraction of sp³-hybridized carbons (Fsp3) is 0.304. The summed E-state index contributed by atoms with van der Waals surface area (Å²) in [6.45, 7) is 5.57. The minimum absolute atomic E-state index is 0.0422. The lowest BCUT2D eigenvalue weighted by Gasteiger charge is -2.19. The van der Waals surface area contributed by atoms with Gasteiger partial charge < -0.3 is 9.72 Å². The highest BCUT2D eigenvalue weighted by molar-refractivity contribution is 7.89. The van der Waals surface area contributed by atoms with E-state index >= 15 is 0 Å². The van der Waals surface area contributed by atoms with Gasteiger partial charge in [-0.05, 0) is 30.2 Å². The summed E-state index contributed by atoms with van der Waals surface area (Å²) in [6, 6.07) is 9.55. The van der Waals surface area contributed by atoms with Gasteiger partial charge in [0.2, 0.25) is 15.8 Å². The summed E-state index contributed by atoms with van der Waals surface area (Å²) in [5.74, 6) is -1.24. The molecule has 0 amide bonds. The number of benzene rings is 2. The van der Waals surface area contributed by atoms with Gasteiger partial charge in [0.25, 0.3) is 0 Å². The first-order valence-electron chi connectivity index (χ1n) is 10.3. The summed E-state index contributed by atoms with van der Waals surface area (Å²) in [5.41, 5.74) is 2.27. The molecule has 0 unspecified atom stereocenters. The van der Waals surface area contributed by atoms with Crippen molar-refractivity contribution in [2.24, 2.45) is 0 Å². The molecule has 170 valence electrons. The number of halogens is 1. The van der Waals surface area contributed by atoms with Crippen LogP contribution in [-0.2, 0) is 21.2 Å². The molecule has 0 aliphatic carbocycles. The molecular formula is C23H25ClN2O5S. The number of ketones is 1. The van der Waals surface area contributed by atoms with Crippen LogP contribution in [0.5, 0.6) is 0 Å². The van der Waals surface area contributed by atoms with Crippen molar-refractivity contribution in [1.29, 1.82) is 0 Å². The number of esters is 1. The second-order valence-corrected chi connectivity index (χ2v) is 9.47. The number of para-hydroxylation sites is 1. The van der Waals surface area contributed by atoms with Gasteiger partial charge in [0.05, 0.1) is 15.5 Å². The number of nitrogens with zero attached hydrogens (tertiary/aromatic N) is 1. The van der Waals surface area contributed by atoms with Crippen LogP contribution in [0.4, 0.5) is 0 Å². The standard InChI is InChI=1S/C23H25ClN2O5S/c1-4-15-8-7-9-17-19(13-25-22(15)17)21(27)14-31-23(28)18-12-16(10-11-20(18)24)32(29,30)26(5-2)6-3/h7-13,25H,4-6,14H2,1-3H3. The van der Waals surface area contributed by atoms with Crippen molar-refractivity contribution in [3.05, 3.63) is 64.3 Å². The topological polar surface area (TPSA) is 96.5 Å². The third kappa shape index (κ3) is 4.57. The molecule has 0 bridgehead atoms. The molecule has 1 heterocycles. The lowest BCUT2D eigenvalue weighted by atomic mass is 10.1. The van der Waals surface area contributed by atoms with Gasteiger partial charge in [-0.3, -0.25) is 4.79 Å². The van der Waals surface area contributed by atoms with Gasteiger partial charge in [-0.25, -0.2) is 13.2 Å². The maximum absolute atomic E-state index is 12.8. The highest BCUT2D eigenvalue weighted by Gasteiger charge is 2.25. The molecule has 1 aromatic heterocycles.